The van der Waals surface area contributed by atoms with E-state index in [0.717, 1.165) is 0 Å². The summed E-state index contributed by atoms with van der Waals surface area (Å²) < 4.78 is 0. The zero-order valence-electron chi connectivity index (χ0n) is 10.9. The minimum Gasteiger partial charge on any atom is -0.307 e. The van der Waals surface area contributed by atoms with Gasteiger partial charge in [-0.05, 0) is 25.3 Å². The molecule has 1 aromatic rings. The SMILES string of the molecule is CCCCC(CC)NC(C)c1ccccc1. The van der Waals surface area contributed by atoms with Crippen LogP contribution in [0.25, 0.3) is 0 Å². The van der Waals surface area contributed by atoms with Gasteiger partial charge in [-0.1, -0.05) is 57.0 Å². The van der Waals surface area contributed by atoms with Gasteiger partial charge in [0.25, 0.3) is 0 Å². The molecule has 0 fully saturated rings. The van der Waals surface area contributed by atoms with Crippen LogP contribution in [0.2, 0.25) is 0 Å². The predicted octanol–water partition coefficient (Wildman–Crippen LogP) is 4.31. The van der Waals surface area contributed by atoms with Crippen molar-refractivity contribution in [2.24, 2.45) is 0 Å². The van der Waals surface area contributed by atoms with Gasteiger partial charge in [-0.3, -0.25) is 0 Å². The molecule has 0 bridgehead atoms. The van der Waals surface area contributed by atoms with Crippen LogP contribution < -0.4 is 5.32 Å². The molecule has 0 spiro atoms. The molecular weight excluding hydrogens is 194 g/mol. The Hall–Kier alpha value is -0.820. The van der Waals surface area contributed by atoms with Crippen LogP contribution >= 0.6 is 0 Å². The molecule has 1 aromatic carbocycles. The molecule has 0 aliphatic carbocycles. The summed E-state index contributed by atoms with van der Waals surface area (Å²) in [5, 5.41) is 3.72. The molecule has 0 saturated heterocycles. The summed E-state index contributed by atoms with van der Waals surface area (Å²) in [5.41, 5.74) is 1.39. The van der Waals surface area contributed by atoms with Gasteiger partial charge in [0.05, 0.1) is 0 Å². The van der Waals surface area contributed by atoms with Crippen molar-refractivity contribution in [3.05, 3.63) is 35.9 Å². The zero-order valence-corrected chi connectivity index (χ0v) is 10.9. The predicted molar refractivity (Wildman–Crippen MR) is 71.6 cm³/mol. The van der Waals surface area contributed by atoms with Crippen molar-refractivity contribution in [1.29, 1.82) is 0 Å². The lowest BCUT2D eigenvalue weighted by Crippen LogP contribution is -2.30. The molecule has 0 saturated carbocycles. The smallest absolute Gasteiger partial charge is 0.0294 e. The van der Waals surface area contributed by atoms with Crippen molar-refractivity contribution >= 4 is 0 Å². The fraction of sp³-hybridized carbons (Fsp3) is 0.600. The fourth-order valence-corrected chi connectivity index (χ4v) is 2.05. The van der Waals surface area contributed by atoms with Crippen molar-refractivity contribution in [3.8, 4) is 0 Å². The molecular formula is C15H25N. The lowest BCUT2D eigenvalue weighted by atomic mass is 10.0. The molecule has 0 amide bonds. The van der Waals surface area contributed by atoms with Crippen LogP contribution in [0.3, 0.4) is 0 Å². The second-order valence-corrected chi connectivity index (χ2v) is 4.55. The summed E-state index contributed by atoms with van der Waals surface area (Å²) in [6, 6.07) is 11.8. The van der Waals surface area contributed by atoms with Crippen LogP contribution in [0.15, 0.2) is 30.3 Å². The van der Waals surface area contributed by atoms with E-state index in [-0.39, 0.29) is 0 Å². The van der Waals surface area contributed by atoms with Crippen LogP contribution in [0, 0.1) is 0 Å². The molecule has 2 unspecified atom stereocenters. The first-order valence-electron chi connectivity index (χ1n) is 6.58. The number of hydrogen-bond donors (Lipinski definition) is 1. The summed E-state index contributed by atoms with van der Waals surface area (Å²) in [4.78, 5) is 0. The largest absolute Gasteiger partial charge is 0.307 e. The molecule has 16 heavy (non-hydrogen) atoms. The van der Waals surface area contributed by atoms with Gasteiger partial charge >= 0.3 is 0 Å². The van der Waals surface area contributed by atoms with Gasteiger partial charge in [-0.15, -0.1) is 0 Å². The minimum atomic E-state index is 0.461. The first-order chi connectivity index (χ1) is 7.77. The molecule has 1 N–H and O–H groups in total. The molecule has 1 rings (SSSR count). The Morgan fingerprint density at radius 1 is 1.12 bits per heavy atom. The van der Waals surface area contributed by atoms with Crippen molar-refractivity contribution in [3.63, 3.8) is 0 Å². The molecule has 2 atom stereocenters. The number of benzene rings is 1. The quantitative estimate of drug-likeness (QED) is 0.720. The van der Waals surface area contributed by atoms with Gasteiger partial charge in [0.1, 0.15) is 0 Å². The molecule has 1 heteroatoms. The molecule has 0 heterocycles. The Kier molecular flexibility index (Phi) is 6.17. The van der Waals surface area contributed by atoms with Gasteiger partial charge < -0.3 is 5.32 Å². The van der Waals surface area contributed by atoms with Crippen LogP contribution in [-0.2, 0) is 0 Å². The summed E-state index contributed by atoms with van der Waals surface area (Å²) in [7, 11) is 0. The molecule has 0 aromatic heterocycles. The van der Waals surface area contributed by atoms with E-state index in [4.69, 9.17) is 0 Å². The maximum atomic E-state index is 3.72. The normalized spacial score (nSPS) is 14.7. The standard InChI is InChI=1S/C15H25N/c1-4-6-12-15(5-2)16-13(3)14-10-8-7-9-11-14/h7-11,13,15-16H,4-6,12H2,1-3H3. The Balaban J connectivity index is 2.45. The van der Waals surface area contributed by atoms with Gasteiger partial charge in [0.2, 0.25) is 0 Å². The molecule has 0 aliphatic rings. The summed E-state index contributed by atoms with van der Waals surface area (Å²) in [5.74, 6) is 0. The van der Waals surface area contributed by atoms with E-state index in [1.54, 1.807) is 0 Å². The lowest BCUT2D eigenvalue weighted by Gasteiger charge is -2.22. The molecule has 90 valence electrons. The van der Waals surface area contributed by atoms with E-state index >= 15 is 0 Å². The Labute approximate surface area is 100 Å². The van der Waals surface area contributed by atoms with E-state index in [2.05, 4.69) is 56.4 Å². The van der Waals surface area contributed by atoms with E-state index in [1.807, 2.05) is 0 Å². The van der Waals surface area contributed by atoms with Gasteiger partial charge in [0, 0.05) is 12.1 Å². The topological polar surface area (TPSA) is 12.0 Å². The minimum absolute atomic E-state index is 0.461. The third-order valence-corrected chi connectivity index (χ3v) is 3.18. The van der Waals surface area contributed by atoms with Gasteiger partial charge in [-0.2, -0.15) is 0 Å². The second-order valence-electron chi connectivity index (χ2n) is 4.55. The summed E-state index contributed by atoms with van der Waals surface area (Å²) >= 11 is 0. The highest BCUT2D eigenvalue weighted by Crippen LogP contribution is 2.15. The van der Waals surface area contributed by atoms with Gasteiger partial charge in [-0.25, -0.2) is 0 Å². The first-order valence-corrected chi connectivity index (χ1v) is 6.58. The van der Waals surface area contributed by atoms with Gasteiger partial charge in [0.15, 0.2) is 0 Å². The summed E-state index contributed by atoms with van der Waals surface area (Å²) in [6.07, 6.45) is 5.13. The lowest BCUT2D eigenvalue weighted by molar-refractivity contribution is 0.410. The zero-order chi connectivity index (χ0) is 11.8. The Morgan fingerprint density at radius 3 is 2.38 bits per heavy atom. The first kappa shape index (κ1) is 13.2. The second kappa shape index (κ2) is 7.45. The summed E-state index contributed by atoms with van der Waals surface area (Å²) in [6.45, 7) is 6.78. The van der Waals surface area contributed by atoms with Crippen molar-refractivity contribution in [2.75, 3.05) is 0 Å². The van der Waals surface area contributed by atoms with Crippen molar-refractivity contribution < 1.29 is 0 Å². The van der Waals surface area contributed by atoms with E-state index in [1.165, 1.54) is 31.2 Å². The average molecular weight is 219 g/mol. The average Bonchev–Trinajstić information content (AvgIpc) is 2.35. The molecule has 1 nitrogen and oxygen atoms in total. The van der Waals surface area contributed by atoms with Crippen LogP contribution in [0.4, 0.5) is 0 Å². The highest BCUT2D eigenvalue weighted by Gasteiger charge is 2.10. The van der Waals surface area contributed by atoms with E-state index in [9.17, 15) is 0 Å². The highest BCUT2D eigenvalue weighted by atomic mass is 14.9. The Bertz CT molecular complexity index is 268. The van der Waals surface area contributed by atoms with Crippen molar-refractivity contribution in [2.45, 2.75) is 58.5 Å². The fourth-order valence-electron chi connectivity index (χ4n) is 2.05. The van der Waals surface area contributed by atoms with Crippen LogP contribution in [0.1, 0.15) is 58.1 Å². The molecule has 0 radical (unpaired) electrons. The van der Waals surface area contributed by atoms with E-state index < -0.39 is 0 Å². The van der Waals surface area contributed by atoms with Crippen molar-refractivity contribution in [1.82, 2.24) is 5.32 Å². The third kappa shape index (κ3) is 4.36. The van der Waals surface area contributed by atoms with Crippen LogP contribution in [-0.4, -0.2) is 6.04 Å². The monoisotopic (exact) mass is 219 g/mol. The van der Waals surface area contributed by atoms with Crippen LogP contribution in [0.5, 0.6) is 0 Å². The maximum Gasteiger partial charge on any atom is 0.0294 e. The maximum absolute atomic E-state index is 3.72. The Morgan fingerprint density at radius 2 is 1.81 bits per heavy atom. The van der Waals surface area contributed by atoms with E-state index in [0.29, 0.717) is 12.1 Å². The third-order valence-electron chi connectivity index (χ3n) is 3.18. The number of hydrogen-bond acceptors (Lipinski definition) is 1. The number of rotatable bonds is 7. The number of nitrogens with one attached hydrogen (secondary N) is 1. The number of unbranched alkanes of at least 4 members (excludes halogenated alkanes) is 1. The molecule has 0 aliphatic heterocycles. The highest BCUT2D eigenvalue weighted by molar-refractivity contribution is 5.18.